The van der Waals surface area contributed by atoms with Crippen LogP contribution in [-0.4, -0.2) is 24.0 Å². The van der Waals surface area contributed by atoms with Crippen LogP contribution >= 0.6 is 0 Å². The zero-order chi connectivity index (χ0) is 19.5. The lowest BCUT2D eigenvalue weighted by molar-refractivity contribution is 0.355. The molecule has 0 spiro atoms. The largest absolute Gasteiger partial charge is 0.493 e. The first-order valence-corrected chi connectivity index (χ1v) is 8.94. The van der Waals surface area contributed by atoms with Crippen molar-refractivity contribution in [2.45, 2.75) is 0 Å². The van der Waals surface area contributed by atoms with Gasteiger partial charge in [0.1, 0.15) is 11.5 Å². The predicted molar refractivity (Wildman–Crippen MR) is 112 cm³/mol. The lowest BCUT2D eigenvalue weighted by Gasteiger charge is -2.11. The fraction of sp³-hybridized carbons (Fsp3) is 0.0870. The summed E-state index contributed by atoms with van der Waals surface area (Å²) in [4.78, 5) is 0. The first-order valence-electron chi connectivity index (χ1n) is 8.94. The van der Waals surface area contributed by atoms with Gasteiger partial charge in [-0.1, -0.05) is 54.6 Å². The van der Waals surface area contributed by atoms with Crippen molar-refractivity contribution in [3.05, 3.63) is 78.9 Å². The monoisotopic (exact) mass is 371 g/mol. The van der Waals surface area contributed by atoms with Crippen molar-refractivity contribution in [2.75, 3.05) is 20.0 Å². The van der Waals surface area contributed by atoms with Crippen LogP contribution < -0.4 is 15.2 Å². The lowest BCUT2D eigenvalue weighted by Crippen LogP contribution is -2.02. The Kier molecular flexibility index (Phi) is 4.72. The van der Waals surface area contributed by atoms with Gasteiger partial charge in [-0.05, 0) is 29.8 Å². The molecule has 1 heterocycles. The van der Waals surface area contributed by atoms with E-state index in [0.717, 1.165) is 28.1 Å². The highest BCUT2D eigenvalue weighted by Crippen LogP contribution is 2.40. The SMILES string of the molecule is COc1ccc(-c2c(-c3ccccc3)nn(-c3ccccc3)c2N)cc1OC. The number of ether oxygens (including phenoxy) is 2. The zero-order valence-electron chi connectivity index (χ0n) is 15.8. The summed E-state index contributed by atoms with van der Waals surface area (Å²) in [5, 5.41) is 4.84. The van der Waals surface area contributed by atoms with Gasteiger partial charge in [0.2, 0.25) is 0 Å². The second kappa shape index (κ2) is 7.48. The Morgan fingerprint density at radius 3 is 2.04 bits per heavy atom. The molecule has 4 aromatic rings. The van der Waals surface area contributed by atoms with Crippen LogP contribution in [0.2, 0.25) is 0 Å². The Morgan fingerprint density at radius 2 is 1.39 bits per heavy atom. The summed E-state index contributed by atoms with van der Waals surface area (Å²) in [6.07, 6.45) is 0. The van der Waals surface area contributed by atoms with E-state index in [1.807, 2.05) is 78.9 Å². The molecule has 0 bridgehead atoms. The molecule has 28 heavy (non-hydrogen) atoms. The molecule has 0 saturated carbocycles. The summed E-state index contributed by atoms with van der Waals surface area (Å²) in [7, 11) is 3.24. The van der Waals surface area contributed by atoms with E-state index in [4.69, 9.17) is 20.3 Å². The molecule has 140 valence electrons. The Labute approximate surface area is 164 Å². The van der Waals surface area contributed by atoms with Gasteiger partial charge in [-0.2, -0.15) is 5.10 Å². The van der Waals surface area contributed by atoms with Gasteiger partial charge in [0, 0.05) is 5.56 Å². The Bertz CT molecular complexity index is 1090. The molecule has 3 aromatic carbocycles. The standard InChI is InChI=1S/C23H21N3O2/c1-27-19-14-13-17(15-20(19)28-2)21-22(16-9-5-3-6-10-16)25-26(23(21)24)18-11-7-4-8-12-18/h3-15H,24H2,1-2H3. The van der Waals surface area contributed by atoms with Crippen molar-refractivity contribution in [3.63, 3.8) is 0 Å². The zero-order valence-corrected chi connectivity index (χ0v) is 15.8. The summed E-state index contributed by atoms with van der Waals surface area (Å²) >= 11 is 0. The number of hydrogen-bond donors (Lipinski definition) is 1. The fourth-order valence-corrected chi connectivity index (χ4v) is 3.27. The van der Waals surface area contributed by atoms with Crippen molar-refractivity contribution in [2.24, 2.45) is 0 Å². The molecule has 2 N–H and O–H groups in total. The Morgan fingerprint density at radius 1 is 0.750 bits per heavy atom. The van der Waals surface area contributed by atoms with Crippen LogP contribution in [0, 0.1) is 0 Å². The quantitative estimate of drug-likeness (QED) is 0.547. The minimum Gasteiger partial charge on any atom is -0.493 e. The van der Waals surface area contributed by atoms with E-state index in [-0.39, 0.29) is 0 Å². The highest BCUT2D eigenvalue weighted by Gasteiger charge is 2.21. The van der Waals surface area contributed by atoms with Crippen molar-refractivity contribution in [3.8, 4) is 39.6 Å². The number of methoxy groups -OCH3 is 2. The first-order chi connectivity index (χ1) is 13.7. The second-order valence-electron chi connectivity index (χ2n) is 6.29. The number of nitrogens with two attached hydrogens (primary N) is 1. The topological polar surface area (TPSA) is 62.3 Å². The van der Waals surface area contributed by atoms with Crippen LogP contribution in [0.4, 0.5) is 5.82 Å². The van der Waals surface area contributed by atoms with Crippen LogP contribution in [0.15, 0.2) is 78.9 Å². The molecular weight excluding hydrogens is 350 g/mol. The minimum atomic E-state index is 0.567. The Balaban J connectivity index is 1.97. The number of nitrogens with zero attached hydrogens (tertiary/aromatic N) is 2. The molecule has 0 amide bonds. The molecule has 4 rings (SSSR count). The predicted octanol–water partition coefficient (Wildman–Crippen LogP) is 4.81. The van der Waals surface area contributed by atoms with E-state index in [2.05, 4.69) is 0 Å². The highest BCUT2D eigenvalue weighted by molar-refractivity contribution is 5.89. The van der Waals surface area contributed by atoms with E-state index < -0.39 is 0 Å². The maximum Gasteiger partial charge on any atom is 0.161 e. The van der Waals surface area contributed by atoms with E-state index in [1.165, 1.54) is 0 Å². The van der Waals surface area contributed by atoms with E-state index in [9.17, 15) is 0 Å². The molecular formula is C23H21N3O2. The van der Waals surface area contributed by atoms with Gasteiger partial charge >= 0.3 is 0 Å². The third-order valence-electron chi connectivity index (χ3n) is 4.64. The van der Waals surface area contributed by atoms with Crippen molar-refractivity contribution < 1.29 is 9.47 Å². The number of benzene rings is 3. The molecule has 1 aromatic heterocycles. The second-order valence-corrected chi connectivity index (χ2v) is 6.29. The molecule has 0 saturated heterocycles. The maximum absolute atomic E-state index is 6.60. The average Bonchev–Trinajstić information content (AvgIpc) is 3.11. The van der Waals surface area contributed by atoms with E-state index >= 15 is 0 Å². The van der Waals surface area contributed by atoms with E-state index in [0.29, 0.717) is 17.3 Å². The summed E-state index contributed by atoms with van der Waals surface area (Å²) in [5.74, 6) is 1.88. The molecule has 0 aliphatic rings. The molecule has 5 heteroatoms. The van der Waals surface area contributed by atoms with Gasteiger partial charge in [-0.25, -0.2) is 4.68 Å². The number of aromatic nitrogens is 2. The molecule has 0 fully saturated rings. The maximum atomic E-state index is 6.60. The molecule has 0 aliphatic heterocycles. The van der Waals surface area contributed by atoms with Gasteiger partial charge in [0.15, 0.2) is 11.5 Å². The van der Waals surface area contributed by atoms with Gasteiger partial charge in [-0.3, -0.25) is 0 Å². The summed E-state index contributed by atoms with van der Waals surface area (Å²) in [6.45, 7) is 0. The molecule has 0 aliphatic carbocycles. The van der Waals surface area contributed by atoms with Crippen molar-refractivity contribution in [1.82, 2.24) is 9.78 Å². The van der Waals surface area contributed by atoms with Crippen LogP contribution in [0.1, 0.15) is 0 Å². The minimum absolute atomic E-state index is 0.567. The molecule has 5 nitrogen and oxygen atoms in total. The molecule has 0 unspecified atom stereocenters. The van der Waals surface area contributed by atoms with Crippen molar-refractivity contribution >= 4 is 5.82 Å². The summed E-state index contributed by atoms with van der Waals surface area (Å²) in [6, 6.07) is 25.7. The van der Waals surface area contributed by atoms with Crippen LogP contribution in [0.25, 0.3) is 28.1 Å². The van der Waals surface area contributed by atoms with Gasteiger partial charge in [0.25, 0.3) is 0 Å². The smallest absolute Gasteiger partial charge is 0.161 e. The lowest BCUT2D eigenvalue weighted by atomic mass is 10.0. The van der Waals surface area contributed by atoms with Gasteiger partial charge < -0.3 is 15.2 Å². The summed E-state index contributed by atoms with van der Waals surface area (Å²) in [5.41, 5.74) is 11.1. The number of para-hydroxylation sites is 1. The van der Waals surface area contributed by atoms with Crippen LogP contribution in [-0.2, 0) is 0 Å². The number of anilines is 1. The molecule has 0 radical (unpaired) electrons. The van der Waals surface area contributed by atoms with Gasteiger partial charge in [0.05, 0.1) is 25.5 Å². The van der Waals surface area contributed by atoms with Gasteiger partial charge in [-0.15, -0.1) is 0 Å². The summed E-state index contributed by atoms with van der Waals surface area (Å²) < 4.78 is 12.6. The van der Waals surface area contributed by atoms with Crippen molar-refractivity contribution in [1.29, 1.82) is 0 Å². The number of nitrogen functional groups attached to an aromatic ring is 1. The third-order valence-corrected chi connectivity index (χ3v) is 4.64. The first kappa shape index (κ1) is 17.7. The van der Waals surface area contributed by atoms with Crippen LogP contribution in [0.5, 0.6) is 11.5 Å². The highest BCUT2D eigenvalue weighted by atomic mass is 16.5. The average molecular weight is 371 g/mol. The van der Waals surface area contributed by atoms with Crippen LogP contribution in [0.3, 0.4) is 0 Å². The number of hydrogen-bond acceptors (Lipinski definition) is 4. The number of rotatable bonds is 5. The Hall–Kier alpha value is -3.73. The molecule has 0 atom stereocenters. The fourth-order valence-electron chi connectivity index (χ4n) is 3.27. The van der Waals surface area contributed by atoms with E-state index in [1.54, 1.807) is 18.9 Å². The third kappa shape index (κ3) is 3.07. The normalized spacial score (nSPS) is 10.6.